The highest BCUT2D eigenvalue weighted by Gasteiger charge is 2.01. The lowest BCUT2D eigenvalue weighted by Crippen LogP contribution is -2.24. The van der Waals surface area contributed by atoms with E-state index in [0.29, 0.717) is 6.54 Å². The van der Waals surface area contributed by atoms with E-state index in [1.807, 2.05) is 31.3 Å². The molecule has 0 saturated carbocycles. The molecule has 0 spiro atoms. The van der Waals surface area contributed by atoms with Gasteiger partial charge in [0.15, 0.2) is 0 Å². The molecule has 5 nitrogen and oxygen atoms in total. The van der Waals surface area contributed by atoms with Gasteiger partial charge < -0.3 is 10.6 Å². The van der Waals surface area contributed by atoms with Crippen molar-refractivity contribution in [3.8, 4) is 0 Å². The lowest BCUT2D eigenvalue weighted by molar-refractivity contribution is 0.639. The van der Waals surface area contributed by atoms with E-state index in [9.17, 15) is 4.79 Å². The average molecular weight is 384 g/mol. The smallest absolute Gasteiger partial charge is 0.269 e. The Kier molecular flexibility index (Phi) is 5.54. The van der Waals surface area contributed by atoms with E-state index in [2.05, 4.69) is 38.3 Å². The Balaban J connectivity index is 2.06. The van der Waals surface area contributed by atoms with Gasteiger partial charge in [-0.3, -0.25) is 4.79 Å². The van der Waals surface area contributed by atoms with Crippen molar-refractivity contribution in [1.29, 1.82) is 0 Å². The second-order valence-corrected chi connectivity index (χ2v) is 5.64. The quantitative estimate of drug-likeness (QED) is 0.586. The topological polar surface area (TPSA) is 59.0 Å². The number of aromatic nitrogens is 2. The molecule has 0 saturated heterocycles. The maximum atomic E-state index is 12.0. The summed E-state index contributed by atoms with van der Waals surface area (Å²) in [6.45, 7) is 2.09. The van der Waals surface area contributed by atoms with Crippen LogP contribution in [-0.4, -0.2) is 29.9 Å². The SMILES string of the molecule is CNCCNc1cnn(Cc2ccc(I)cc2)c(=O)c1. The molecule has 0 radical (unpaired) electrons. The fraction of sp³-hybridized carbons (Fsp3) is 0.286. The van der Waals surface area contributed by atoms with Gasteiger partial charge in [-0.25, -0.2) is 4.68 Å². The Hall–Kier alpha value is -1.41. The molecule has 2 aromatic rings. The first-order valence-corrected chi connectivity index (χ1v) is 7.47. The standard InChI is InChI=1S/C14H17IN4O/c1-16-6-7-17-13-8-14(20)19(18-9-13)10-11-2-4-12(15)5-3-11/h2-5,8-9,16-17H,6-7,10H2,1H3. The van der Waals surface area contributed by atoms with Crippen LogP contribution in [0.5, 0.6) is 0 Å². The van der Waals surface area contributed by atoms with Gasteiger partial charge in [0.25, 0.3) is 5.56 Å². The van der Waals surface area contributed by atoms with Gasteiger partial charge in [-0.1, -0.05) is 12.1 Å². The molecule has 0 amide bonds. The molecule has 1 aromatic heterocycles. The predicted octanol–water partition coefficient (Wildman–Crippen LogP) is 1.53. The molecule has 1 aromatic carbocycles. The zero-order valence-electron chi connectivity index (χ0n) is 11.3. The number of likely N-dealkylation sites (N-methyl/N-ethyl adjacent to an activating group) is 1. The molecule has 2 N–H and O–H groups in total. The Morgan fingerprint density at radius 2 is 2.00 bits per heavy atom. The first-order chi connectivity index (χ1) is 9.69. The largest absolute Gasteiger partial charge is 0.382 e. The highest BCUT2D eigenvalue weighted by molar-refractivity contribution is 14.1. The summed E-state index contributed by atoms with van der Waals surface area (Å²) in [5.41, 5.74) is 1.72. The molecule has 6 heteroatoms. The molecule has 0 fully saturated rings. The molecular formula is C14H17IN4O. The molecule has 106 valence electrons. The predicted molar refractivity (Wildman–Crippen MR) is 89.2 cm³/mol. The van der Waals surface area contributed by atoms with Gasteiger partial charge in [-0.2, -0.15) is 5.10 Å². The van der Waals surface area contributed by atoms with Crippen LogP contribution in [0, 0.1) is 3.57 Å². The van der Waals surface area contributed by atoms with E-state index in [1.54, 1.807) is 12.3 Å². The molecule has 2 rings (SSSR count). The Bertz CT molecular complexity index is 609. The minimum Gasteiger partial charge on any atom is -0.382 e. The zero-order valence-corrected chi connectivity index (χ0v) is 13.4. The molecule has 0 aliphatic carbocycles. The lowest BCUT2D eigenvalue weighted by atomic mass is 10.2. The average Bonchev–Trinajstić information content (AvgIpc) is 2.44. The van der Waals surface area contributed by atoms with E-state index in [-0.39, 0.29) is 5.56 Å². The van der Waals surface area contributed by atoms with Crippen molar-refractivity contribution in [3.05, 3.63) is 56.0 Å². The van der Waals surface area contributed by atoms with E-state index in [1.165, 1.54) is 8.25 Å². The molecular weight excluding hydrogens is 367 g/mol. The van der Waals surface area contributed by atoms with Gasteiger partial charge in [-0.15, -0.1) is 0 Å². The lowest BCUT2D eigenvalue weighted by Gasteiger charge is -2.08. The first-order valence-electron chi connectivity index (χ1n) is 6.39. The third-order valence-corrected chi connectivity index (χ3v) is 3.54. The maximum absolute atomic E-state index is 12.0. The van der Waals surface area contributed by atoms with Gasteiger partial charge in [0.05, 0.1) is 18.4 Å². The normalized spacial score (nSPS) is 10.5. The minimum absolute atomic E-state index is 0.0991. The summed E-state index contributed by atoms with van der Waals surface area (Å²) in [7, 11) is 1.89. The molecule has 0 unspecified atom stereocenters. The highest BCUT2D eigenvalue weighted by atomic mass is 127. The van der Waals surface area contributed by atoms with Gasteiger partial charge in [-0.05, 0) is 47.3 Å². The van der Waals surface area contributed by atoms with Crippen molar-refractivity contribution < 1.29 is 0 Å². The number of benzene rings is 1. The van der Waals surface area contributed by atoms with E-state index >= 15 is 0 Å². The van der Waals surface area contributed by atoms with Crippen molar-refractivity contribution in [3.63, 3.8) is 0 Å². The van der Waals surface area contributed by atoms with Crippen LogP contribution < -0.4 is 16.2 Å². The fourth-order valence-corrected chi connectivity index (χ4v) is 2.10. The van der Waals surface area contributed by atoms with Gasteiger partial charge in [0.1, 0.15) is 0 Å². The summed E-state index contributed by atoms with van der Waals surface area (Å²) >= 11 is 2.26. The Morgan fingerprint density at radius 1 is 1.25 bits per heavy atom. The summed E-state index contributed by atoms with van der Waals surface area (Å²) in [5, 5.41) is 10.4. The van der Waals surface area contributed by atoms with Crippen LogP contribution in [0.25, 0.3) is 0 Å². The molecule has 0 aliphatic heterocycles. The third kappa shape index (κ3) is 4.31. The monoisotopic (exact) mass is 384 g/mol. The molecule has 0 bridgehead atoms. The van der Waals surface area contributed by atoms with Crippen molar-refractivity contribution >= 4 is 28.3 Å². The van der Waals surface area contributed by atoms with E-state index in [0.717, 1.165) is 24.3 Å². The summed E-state index contributed by atoms with van der Waals surface area (Å²) in [6, 6.07) is 9.64. The van der Waals surface area contributed by atoms with Crippen molar-refractivity contribution in [2.75, 3.05) is 25.5 Å². The molecule has 0 aliphatic rings. The van der Waals surface area contributed by atoms with Crippen LogP contribution in [0.1, 0.15) is 5.56 Å². The second-order valence-electron chi connectivity index (χ2n) is 4.40. The number of nitrogens with one attached hydrogen (secondary N) is 2. The summed E-state index contributed by atoms with van der Waals surface area (Å²) in [4.78, 5) is 12.0. The second kappa shape index (κ2) is 7.39. The van der Waals surface area contributed by atoms with E-state index < -0.39 is 0 Å². The van der Waals surface area contributed by atoms with E-state index in [4.69, 9.17) is 0 Å². The number of hydrogen-bond donors (Lipinski definition) is 2. The Labute approximate surface area is 131 Å². The Morgan fingerprint density at radius 3 is 2.65 bits per heavy atom. The number of hydrogen-bond acceptors (Lipinski definition) is 4. The third-order valence-electron chi connectivity index (χ3n) is 2.82. The molecule has 20 heavy (non-hydrogen) atoms. The first kappa shape index (κ1) is 15.0. The van der Waals surface area contributed by atoms with Crippen molar-refractivity contribution in [2.45, 2.75) is 6.54 Å². The van der Waals surface area contributed by atoms with Gasteiger partial charge in [0, 0.05) is 22.7 Å². The highest BCUT2D eigenvalue weighted by Crippen LogP contribution is 2.07. The molecule has 0 atom stereocenters. The number of anilines is 1. The van der Waals surface area contributed by atoms with Crippen LogP contribution in [0.2, 0.25) is 0 Å². The number of rotatable bonds is 6. The summed E-state index contributed by atoms with van der Waals surface area (Å²) in [5.74, 6) is 0. The van der Waals surface area contributed by atoms with Crippen LogP contribution in [0.3, 0.4) is 0 Å². The van der Waals surface area contributed by atoms with Crippen LogP contribution in [0.15, 0.2) is 41.3 Å². The van der Waals surface area contributed by atoms with Crippen LogP contribution in [0.4, 0.5) is 5.69 Å². The summed E-state index contributed by atoms with van der Waals surface area (Å²) < 4.78 is 2.64. The maximum Gasteiger partial charge on any atom is 0.269 e. The van der Waals surface area contributed by atoms with Gasteiger partial charge >= 0.3 is 0 Å². The number of nitrogens with zero attached hydrogens (tertiary/aromatic N) is 2. The minimum atomic E-state index is -0.0991. The fourth-order valence-electron chi connectivity index (χ4n) is 1.74. The van der Waals surface area contributed by atoms with Crippen LogP contribution >= 0.6 is 22.6 Å². The van der Waals surface area contributed by atoms with Crippen molar-refractivity contribution in [1.82, 2.24) is 15.1 Å². The number of halogens is 1. The van der Waals surface area contributed by atoms with Crippen LogP contribution in [-0.2, 0) is 6.54 Å². The van der Waals surface area contributed by atoms with Gasteiger partial charge in [0.2, 0.25) is 0 Å². The summed E-state index contributed by atoms with van der Waals surface area (Å²) in [6.07, 6.45) is 1.68. The zero-order chi connectivity index (χ0) is 14.4. The van der Waals surface area contributed by atoms with Crippen molar-refractivity contribution in [2.24, 2.45) is 0 Å². The molecule has 1 heterocycles.